The molecule has 0 bridgehead atoms. The summed E-state index contributed by atoms with van der Waals surface area (Å²) in [6, 6.07) is 13.8. The van der Waals surface area contributed by atoms with Crippen LogP contribution in [-0.4, -0.2) is 37.2 Å². The normalized spacial score (nSPS) is 10.5. The number of hydrogen-bond acceptors (Lipinski definition) is 6. The molecule has 0 unspecified atom stereocenters. The fourth-order valence-electron chi connectivity index (χ4n) is 2.48. The minimum absolute atomic E-state index is 0.0368. The van der Waals surface area contributed by atoms with Crippen molar-refractivity contribution in [3.63, 3.8) is 0 Å². The van der Waals surface area contributed by atoms with Crippen molar-refractivity contribution in [3.8, 4) is 5.75 Å². The number of aromatic nitrogens is 1. The second-order valence-corrected chi connectivity index (χ2v) is 6.17. The van der Waals surface area contributed by atoms with Gasteiger partial charge in [-0.3, -0.25) is 9.59 Å². The maximum atomic E-state index is 13.7. The van der Waals surface area contributed by atoms with E-state index in [9.17, 15) is 14.0 Å². The Morgan fingerprint density at radius 3 is 2.60 bits per heavy atom. The van der Waals surface area contributed by atoms with Crippen molar-refractivity contribution in [1.29, 1.82) is 0 Å². The molecule has 1 aromatic heterocycles. The topological polar surface area (TPSA) is 103 Å². The number of amides is 2. The van der Waals surface area contributed by atoms with Crippen LogP contribution in [0.4, 0.5) is 10.1 Å². The predicted octanol–water partition coefficient (Wildman–Crippen LogP) is 3.02. The molecular weight excluding hydrogens is 393 g/mol. The number of halogens is 1. The molecule has 0 spiro atoms. The largest absolute Gasteiger partial charge is 0.486 e. The van der Waals surface area contributed by atoms with E-state index in [0.717, 1.165) is 0 Å². The summed E-state index contributed by atoms with van der Waals surface area (Å²) in [4.78, 5) is 24.0. The van der Waals surface area contributed by atoms with E-state index in [1.807, 2.05) is 0 Å². The van der Waals surface area contributed by atoms with Crippen LogP contribution in [0.1, 0.15) is 26.6 Å². The highest BCUT2D eigenvalue weighted by molar-refractivity contribution is 6.04. The summed E-state index contributed by atoms with van der Waals surface area (Å²) in [5.74, 6) is -0.601. The van der Waals surface area contributed by atoms with Crippen molar-refractivity contribution in [3.05, 3.63) is 77.4 Å². The molecule has 0 aliphatic rings. The average molecular weight is 413 g/mol. The number of nitrogens with zero attached hydrogens (tertiary/aromatic N) is 1. The quantitative estimate of drug-likeness (QED) is 0.523. The lowest BCUT2D eigenvalue weighted by Crippen LogP contribution is -2.27. The zero-order chi connectivity index (χ0) is 21.3. The number of anilines is 1. The predicted molar refractivity (Wildman–Crippen MR) is 106 cm³/mol. The molecule has 156 valence electrons. The van der Waals surface area contributed by atoms with E-state index >= 15 is 0 Å². The SMILES string of the molecule is COCCNC(=O)c1cc(COc2ccc(NC(=O)c3ccccc3F)cc2)on1. The van der Waals surface area contributed by atoms with Crippen molar-refractivity contribution < 1.29 is 28.0 Å². The number of carbonyl (C=O) groups is 2. The van der Waals surface area contributed by atoms with Crippen LogP contribution >= 0.6 is 0 Å². The summed E-state index contributed by atoms with van der Waals surface area (Å²) in [6.07, 6.45) is 0. The van der Waals surface area contributed by atoms with Crippen LogP contribution in [0, 0.1) is 5.82 Å². The van der Waals surface area contributed by atoms with Crippen LogP contribution in [0.3, 0.4) is 0 Å². The molecule has 2 N–H and O–H groups in total. The molecule has 2 aromatic carbocycles. The number of benzene rings is 2. The van der Waals surface area contributed by atoms with Gasteiger partial charge in [-0.05, 0) is 36.4 Å². The van der Waals surface area contributed by atoms with Crippen LogP contribution in [0.25, 0.3) is 0 Å². The van der Waals surface area contributed by atoms with Crippen molar-refractivity contribution in [1.82, 2.24) is 10.5 Å². The van der Waals surface area contributed by atoms with E-state index in [0.29, 0.717) is 30.3 Å². The first-order chi connectivity index (χ1) is 14.6. The molecule has 3 rings (SSSR count). The summed E-state index contributed by atoms with van der Waals surface area (Å²) in [6.45, 7) is 0.837. The second kappa shape index (κ2) is 10.2. The van der Waals surface area contributed by atoms with Crippen molar-refractivity contribution in [2.45, 2.75) is 6.61 Å². The number of hydrogen-bond donors (Lipinski definition) is 2. The van der Waals surface area contributed by atoms with Crippen LogP contribution in [0.5, 0.6) is 5.75 Å². The summed E-state index contributed by atoms with van der Waals surface area (Å²) in [7, 11) is 1.54. The van der Waals surface area contributed by atoms with E-state index in [-0.39, 0.29) is 23.8 Å². The first-order valence-corrected chi connectivity index (χ1v) is 9.08. The average Bonchev–Trinajstić information content (AvgIpc) is 3.23. The number of nitrogens with one attached hydrogen (secondary N) is 2. The van der Waals surface area contributed by atoms with Crippen molar-refractivity contribution in [2.75, 3.05) is 25.6 Å². The van der Waals surface area contributed by atoms with Gasteiger partial charge in [0.15, 0.2) is 11.5 Å². The minimum atomic E-state index is -0.589. The summed E-state index contributed by atoms with van der Waals surface area (Å²) in [5.41, 5.74) is 0.603. The summed E-state index contributed by atoms with van der Waals surface area (Å²) >= 11 is 0. The Kier molecular flexibility index (Phi) is 7.12. The Morgan fingerprint density at radius 2 is 1.87 bits per heavy atom. The number of rotatable bonds is 9. The second-order valence-electron chi connectivity index (χ2n) is 6.17. The molecule has 30 heavy (non-hydrogen) atoms. The van der Waals surface area contributed by atoms with Gasteiger partial charge in [0.1, 0.15) is 18.2 Å². The number of carbonyl (C=O) groups excluding carboxylic acids is 2. The molecule has 3 aromatic rings. The Hall–Kier alpha value is -3.72. The minimum Gasteiger partial charge on any atom is -0.486 e. The molecule has 1 heterocycles. The van der Waals surface area contributed by atoms with E-state index in [1.54, 1.807) is 37.4 Å². The van der Waals surface area contributed by atoms with E-state index in [4.69, 9.17) is 14.0 Å². The monoisotopic (exact) mass is 413 g/mol. The Balaban J connectivity index is 1.51. The highest BCUT2D eigenvalue weighted by Gasteiger charge is 2.13. The fourth-order valence-corrected chi connectivity index (χ4v) is 2.48. The third kappa shape index (κ3) is 5.65. The highest BCUT2D eigenvalue weighted by atomic mass is 19.1. The first-order valence-electron chi connectivity index (χ1n) is 9.08. The number of methoxy groups -OCH3 is 1. The third-order valence-electron chi connectivity index (χ3n) is 4.00. The molecule has 0 radical (unpaired) electrons. The lowest BCUT2D eigenvalue weighted by molar-refractivity contribution is 0.0927. The summed E-state index contributed by atoms with van der Waals surface area (Å²) in [5, 5.41) is 8.96. The third-order valence-corrected chi connectivity index (χ3v) is 4.00. The molecule has 0 fully saturated rings. The van der Waals surface area contributed by atoms with Gasteiger partial charge in [-0.15, -0.1) is 0 Å². The maximum Gasteiger partial charge on any atom is 0.273 e. The highest BCUT2D eigenvalue weighted by Crippen LogP contribution is 2.18. The van der Waals surface area contributed by atoms with Gasteiger partial charge in [0, 0.05) is 25.4 Å². The van der Waals surface area contributed by atoms with E-state index in [2.05, 4.69) is 15.8 Å². The van der Waals surface area contributed by atoms with Gasteiger partial charge in [-0.25, -0.2) is 4.39 Å². The van der Waals surface area contributed by atoms with Crippen LogP contribution in [0.2, 0.25) is 0 Å². The molecule has 0 saturated carbocycles. The molecule has 0 saturated heterocycles. The standard InChI is InChI=1S/C21H20FN3O5/c1-28-11-10-23-21(27)19-12-16(30-25-19)13-29-15-8-6-14(7-9-15)24-20(26)17-4-2-3-5-18(17)22/h2-9,12H,10-11,13H2,1H3,(H,23,27)(H,24,26). The lowest BCUT2D eigenvalue weighted by atomic mass is 10.2. The van der Waals surface area contributed by atoms with Crippen LogP contribution in [-0.2, 0) is 11.3 Å². The molecule has 8 nitrogen and oxygen atoms in total. The zero-order valence-corrected chi connectivity index (χ0v) is 16.2. The molecule has 0 atom stereocenters. The van der Waals surface area contributed by atoms with E-state index < -0.39 is 11.7 Å². The fraction of sp³-hybridized carbons (Fsp3) is 0.190. The van der Waals surface area contributed by atoms with Crippen molar-refractivity contribution >= 4 is 17.5 Å². The van der Waals surface area contributed by atoms with Gasteiger partial charge in [0.05, 0.1) is 12.2 Å². The van der Waals surface area contributed by atoms with Gasteiger partial charge in [0.25, 0.3) is 11.8 Å². The van der Waals surface area contributed by atoms with Crippen LogP contribution in [0.15, 0.2) is 59.1 Å². The van der Waals surface area contributed by atoms with Gasteiger partial charge in [-0.1, -0.05) is 17.3 Å². The smallest absolute Gasteiger partial charge is 0.273 e. The molecule has 9 heteroatoms. The lowest BCUT2D eigenvalue weighted by Gasteiger charge is -2.08. The Bertz CT molecular complexity index is 1000. The zero-order valence-electron chi connectivity index (χ0n) is 16.2. The molecule has 0 aliphatic heterocycles. The van der Waals surface area contributed by atoms with Gasteiger partial charge in [-0.2, -0.15) is 0 Å². The summed E-state index contributed by atoms with van der Waals surface area (Å²) < 4.78 is 29.2. The molecular formula is C21H20FN3O5. The molecule has 0 aliphatic carbocycles. The van der Waals surface area contributed by atoms with E-state index in [1.165, 1.54) is 24.3 Å². The Morgan fingerprint density at radius 1 is 1.10 bits per heavy atom. The van der Waals surface area contributed by atoms with Crippen molar-refractivity contribution in [2.24, 2.45) is 0 Å². The van der Waals surface area contributed by atoms with Crippen LogP contribution < -0.4 is 15.4 Å². The molecule has 2 amide bonds. The van der Waals surface area contributed by atoms with Gasteiger partial charge < -0.3 is 24.6 Å². The number of ether oxygens (including phenoxy) is 2. The maximum absolute atomic E-state index is 13.7. The Labute approximate surface area is 172 Å². The first kappa shape index (κ1) is 21.0. The van der Waals surface area contributed by atoms with Gasteiger partial charge >= 0.3 is 0 Å². The van der Waals surface area contributed by atoms with Gasteiger partial charge in [0.2, 0.25) is 0 Å².